The van der Waals surface area contributed by atoms with Gasteiger partial charge in [0, 0.05) is 17.2 Å². The van der Waals surface area contributed by atoms with Crippen LogP contribution in [0.3, 0.4) is 0 Å². The Morgan fingerprint density at radius 2 is 1.29 bits per heavy atom. The van der Waals surface area contributed by atoms with Gasteiger partial charge in [0.1, 0.15) is 0 Å². The second-order valence-corrected chi connectivity index (χ2v) is 8.13. The normalized spacial score (nSPS) is 16.2. The van der Waals surface area contributed by atoms with Crippen LogP contribution < -0.4 is 9.47 Å². The maximum Gasteiger partial charge on any atom is 0.247 e. The van der Waals surface area contributed by atoms with Gasteiger partial charge in [0.25, 0.3) is 0 Å². The summed E-state index contributed by atoms with van der Waals surface area (Å²) >= 11 is 0. The van der Waals surface area contributed by atoms with Gasteiger partial charge in [-0.05, 0) is 47.1 Å². The van der Waals surface area contributed by atoms with E-state index in [9.17, 15) is 9.59 Å². The van der Waals surface area contributed by atoms with E-state index < -0.39 is 0 Å². The molecule has 0 spiro atoms. The fraction of sp³-hybridized carbons (Fsp3) is 0.133. The summed E-state index contributed by atoms with van der Waals surface area (Å²) in [5.74, 6) is 1.000. The third kappa shape index (κ3) is 5.95. The van der Waals surface area contributed by atoms with Gasteiger partial charge in [0.2, 0.25) is 5.91 Å². The van der Waals surface area contributed by atoms with E-state index >= 15 is 0 Å². The summed E-state index contributed by atoms with van der Waals surface area (Å²) in [7, 11) is 3.15. The first-order valence-electron chi connectivity index (χ1n) is 11.3. The van der Waals surface area contributed by atoms with Crippen molar-refractivity contribution in [1.29, 1.82) is 0 Å². The molecule has 4 rings (SSSR count). The molecule has 1 fully saturated rings. The van der Waals surface area contributed by atoms with Crippen molar-refractivity contribution >= 4 is 29.9 Å². The molecule has 0 atom stereocenters. The van der Waals surface area contributed by atoms with Crippen molar-refractivity contribution in [3.05, 3.63) is 113 Å². The number of benzene rings is 3. The van der Waals surface area contributed by atoms with E-state index in [4.69, 9.17) is 9.47 Å². The summed E-state index contributed by atoms with van der Waals surface area (Å²) < 4.78 is 10.6. The molecular weight excluding hydrogens is 438 g/mol. The number of piperidine rings is 1. The van der Waals surface area contributed by atoms with Gasteiger partial charge in [-0.15, -0.1) is 0 Å². The van der Waals surface area contributed by atoms with Crippen LogP contribution in [0.2, 0.25) is 0 Å². The lowest BCUT2D eigenvalue weighted by Gasteiger charge is -2.29. The first-order chi connectivity index (χ1) is 17.1. The molecule has 3 aromatic rings. The molecule has 5 nitrogen and oxygen atoms in total. The Bertz CT molecular complexity index is 1230. The first kappa shape index (κ1) is 23.8. The largest absolute Gasteiger partial charge is 0.493 e. The highest BCUT2D eigenvalue weighted by Gasteiger charge is 2.28. The standard InChI is InChI=1S/C30H27NO4/c1-34-27-15-13-24(19-28(27)35-2)14-16-29(32)31-20-25(17-22-9-5-3-6-10-22)30(33)26(21-31)18-23-11-7-4-8-12-23/h3-19H,20-21H2,1-2H3/b16-14+,25-17+,26-18+. The number of hydrogen-bond donors (Lipinski definition) is 0. The fourth-order valence-corrected chi connectivity index (χ4v) is 3.93. The molecule has 5 heteroatoms. The van der Waals surface area contributed by atoms with Crippen molar-refractivity contribution in [2.45, 2.75) is 0 Å². The summed E-state index contributed by atoms with van der Waals surface area (Å²) in [6.07, 6.45) is 6.98. The topological polar surface area (TPSA) is 55.8 Å². The highest BCUT2D eigenvalue weighted by Crippen LogP contribution is 2.28. The lowest BCUT2D eigenvalue weighted by molar-refractivity contribution is -0.126. The monoisotopic (exact) mass is 465 g/mol. The number of carbonyl (C=O) groups excluding carboxylic acids is 2. The lowest BCUT2D eigenvalue weighted by atomic mass is 9.94. The molecular formula is C30H27NO4. The van der Waals surface area contributed by atoms with Crippen molar-refractivity contribution in [1.82, 2.24) is 4.90 Å². The maximum atomic E-state index is 13.3. The van der Waals surface area contributed by atoms with Crippen LogP contribution in [0.1, 0.15) is 16.7 Å². The van der Waals surface area contributed by atoms with Crippen molar-refractivity contribution in [2.75, 3.05) is 27.3 Å². The number of hydrogen-bond acceptors (Lipinski definition) is 4. The van der Waals surface area contributed by atoms with Gasteiger partial charge in [0.05, 0.1) is 27.3 Å². The molecule has 0 aromatic heterocycles. The highest BCUT2D eigenvalue weighted by molar-refractivity contribution is 6.15. The van der Waals surface area contributed by atoms with Crippen LogP contribution in [0.4, 0.5) is 0 Å². The molecule has 35 heavy (non-hydrogen) atoms. The summed E-state index contributed by atoms with van der Waals surface area (Å²) in [4.78, 5) is 28.1. The minimum atomic E-state index is -0.176. The van der Waals surface area contributed by atoms with Crippen molar-refractivity contribution < 1.29 is 19.1 Å². The minimum Gasteiger partial charge on any atom is -0.493 e. The van der Waals surface area contributed by atoms with Crippen LogP contribution in [-0.2, 0) is 9.59 Å². The van der Waals surface area contributed by atoms with Gasteiger partial charge < -0.3 is 14.4 Å². The number of Topliss-reactive ketones (excluding diaryl/α,β-unsaturated/α-hetero) is 1. The van der Waals surface area contributed by atoms with Crippen molar-refractivity contribution in [3.8, 4) is 11.5 Å². The smallest absolute Gasteiger partial charge is 0.247 e. The molecule has 0 unspecified atom stereocenters. The van der Waals surface area contributed by atoms with Crippen LogP contribution in [-0.4, -0.2) is 43.9 Å². The number of rotatable bonds is 6. The molecule has 3 aromatic carbocycles. The SMILES string of the molecule is COc1ccc(/C=C/C(=O)N2C/C(=C\c3ccccc3)C(=O)/C(=C/c3ccccc3)C2)cc1OC. The zero-order valence-corrected chi connectivity index (χ0v) is 19.8. The lowest BCUT2D eigenvalue weighted by Crippen LogP contribution is -2.40. The number of ether oxygens (including phenoxy) is 2. The maximum absolute atomic E-state index is 13.3. The first-order valence-corrected chi connectivity index (χ1v) is 11.3. The van der Waals surface area contributed by atoms with Gasteiger partial charge in [-0.2, -0.15) is 0 Å². The molecule has 1 heterocycles. The zero-order valence-electron chi connectivity index (χ0n) is 19.8. The van der Waals surface area contributed by atoms with E-state index in [1.54, 1.807) is 31.3 Å². The Kier molecular flexibility index (Phi) is 7.58. The van der Waals surface area contributed by atoms with Crippen LogP contribution in [0.15, 0.2) is 96.1 Å². The van der Waals surface area contributed by atoms with E-state index in [-0.39, 0.29) is 24.8 Å². The highest BCUT2D eigenvalue weighted by atomic mass is 16.5. The summed E-state index contributed by atoms with van der Waals surface area (Å²) in [5.41, 5.74) is 3.81. The Morgan fingerprint density at radius 3 is 1.80 bits per heavy atom. The van der Waals surface area contributed by atoms with Gasteiger partial charge in [-0.3, -0.25) is 9.59 Å². The minimum absolute atomic E-state index is 0.0365. The molecule has 1 aliphatic heterocycles. The van der Waals surface area contributed by atoms with Gasteiger partial charge in [0.15, 0.2) is 17.3 Å². The Labute approximate surface area is 205 Å². The molecule has 1 aliphatic rings. The predicted octanol–water partition coefficient (Wildman–Crippen LogP) is 5.30. The molecule has 0 aliphatic carbocycles. The number of amides is 1. The molecule has 0 N–H and O–H groups in total. The zero-order chi connectivity index (χ0) is 24.6. The molecule has 0 saturated carbocycles. The molecule has 176 valence electrons. The van der Waals surface area contributed by atoms with Gasteiger partial charge in [-0.25, -0.2) is 0 Å². The Balaban J connectivity index is 1.62. The summed E-state index contributed by atoms with van der Waals surface area (Å²) in [6, 6.07) is 24.8. The average molecular weight is 466 g/mol. The quantitative estimate of drug-likeness (QED) is 0.464. The van der Waals surface area contributed by atoms with Gasteiger partial charge in [-0.1, -0.05) is 66.7 Å². The Hall–Kier alpha value is -4.38. The van der Waals surface area contributed by atoms with Crippen LogP contribution in [0.25, 0.3) is 18.2 Å². The number of nitrogens with zero attached hydrogens (tertiary/aromatic N) is 1. The van der Waals surface area contributed by atoms with E-state index in [2.05, 4.69) is 0 Å². The van der Waals surface area contributed by atoms with E-state index in [1.165, 1.54) is 6.08 Å². The van der Waals surface area contributed by atoms with E-state index in [0.717, 1.165) is 16.7 Å². The van der Waals surface area contributed by atoms with Crippen molar-refractivity contribution in [3.63, 3.8) is 0 Å². The average Bonchev–Trinajstić information content (AvgIpc) is 2.90. The molecule has 1 amide bonds. The van der Waals surface area contributed by atoms with E-state index in [1.807, 2.05) is 84.9 Å². The second kappa shape index (κ2) is 11.2. The number of methoxy groups -OCH3 is 2. The second-order valence-electron chi connectivity index (χ2n) is 8.13. The summed E-state index contributed by atoms with van der Waals surface area (Å²) in [5, 5.41) is 0. The molecule has 0 bridgehead atoms. The number of carbonyl (C=O) groups is 2. The third-order valence-electron chi connectivity index (χ3n) is 5.72. The number of likely N-dealkylation sites (tertiary alicyclic amines) is 1. The molecule has 1 saturated heterocycles. The van der Waals surface area contributed by atoms with Crippen LogP contribution in [0, 0.1) is 0 Å². The predicted molar refractivity (Wildman–Crippen MR) is 139 cm³/mol. The Morgan fingerprint density at radius 1 is 0.743 bits per heavy atom. The van der Waals surface area contributed by atoms with Crippen LogP contribution >= 0.6 is 0 Å². The van der Waals surface area contributed by atoms with Gasteiger partial charge >= 0.3 is 0 Å². The fourth-order valence-electron chi connectivity index (χ4n) is 3.93. The summed E-state index contributed by atoms with van der Waals surface area (Å²) in [6.45, 7) is 0.490. The third-order valence-corrected chi connectivity index (χ3v) is 5.72. The van der Waals surface area contributed by atoms with E-state index in [0.29, 0.717) is 22.6 Å². The molecule has 0 radical (unpaired) electrons. The van der Waals surface area contributed by atoms with Crippen molar-refractivity contribution in [2.24, 2.45) is 0 Å². The van der Waals surface area contributed by atoms with Crippen LogP contribution in [0.5, 0.6) is 11.5 Å². The number of ketones is 1.